The maximum absolute atomic E-state index is 11.5. The first kappa shape index (κ1) is 4.94. The van der Waals surface area contributed by atoms with E-state index in [0.717, 1.165) is 0 Å². The smallest absolute Gasteiger partial charge is 0.233 e. The summed E-state index contributed by atoms with van der Waals surface area (Å²) < 4.78 is 34.5. The van der Waals surface area contributed by atoms with Crippen molar-refractivity contribution in [3.63, 3.8) is 0 Å². The minimum Gasteiger partial charge on any atom is -0.233 e. The van der Waals surface area contributed by atoms with Crippen LogP contribution < -0.4 is 0 Å². The second-order valence-electron chi connectivity index (χ2n) is 1.61. The van der Waals surface area contributed by atoms with Crippen molar-refractivity contribution in [2.75, 3.05) is 0 Å². The Balaban J connectivity index is 2.43. The third-order valence-electron chi connectivity index (χ3n) is 1.06. The van der Waals surface area contributed by atoms with Gasteiger partial charge in [0.1, 0.15) is 0 Å². The van der Waals surface area contributed by atoms with Crippen molar-refractivity contribution in [2.45, 2.75) is 18.8 Å². The Bertz CT molecular complexity index is 79.0. The van der Waals surface area contributed by atoms with Crippen molar-refractivity contribution in [1.82, 2.24) is 0 Å². The van der Waals surface area contributed by atoms with Crippen LogP contribution in [-0.4, -0.2) is 5.92 Å². The monoisotopic (exact) mass is 109 g/mol. The van der Waals surface area contributed by atoms with Gasteiger partial charge in [-0.25, -0.2) is 13.2 Å². The fraction of sp³-hybridized carbons (Fsp3) is 0.750. The highest BCUT2D eigenvalue weighted by molar-refractivity contribution is 5.03. The van der Waals surface area contributed by atoms with Gasteiger partial charge in [-0.2, -0.15) is 0 Å². The van der Waals surface area contributed by atoms with Crippen LogP contribution in [0.2, 0.25) is 0 Å². The fourth-order valence-electron chi connectivity index (χ4n) is 0.408. The third kappa shape index (κ3) is 0.598. The molecule has 0 N–H and O–H groups in total. The van der Waals surface area contributed by atoms with Crippen LogP contribution in [0.15, 0.2) is 0 Å². The molecular formula is C4H4F3. The van der Waals surface area contributed by atoms with E-state index >= 15 is 0 Å². The first-order valence-corrected chi connectivity index (χ1v) is 2.02. The van der Waals surface area contributed by atoms with Crippen LogP contribution in [0.4, 0.5) is 13.2 Å². The van der Waals surface area contributed by atoms with Gasteiger partial charge in [-0.15, -0.1) is 0 Å². The van der Waals surface area contributed by atoms with Gasteiger partial charge >= 0.3 is 0 Å². The summed E-state index contributed by atoms with van der Waals surface area (Å²) in [4.78, 5) is 0. The topological polar surface area (TPSA) is 0 Å². The maximum atomic E-state index is 11.5. The number of hydrogen-bond acceptors (Lipinski definition) is 0. The minimum atomic E-state index is -3.07. The lowest BCUT2D eigenvalue weighted by atomic mass is 9.93. The summed E-state index contributed by atoms with van der Waals surface area (Å²) >= 11 is 0. The van der Waals surface area contributed by atoms with Gasteiger partial charge in [-0.1, -0.05) is 0 Å². The van der Waals surface area contributed by atoms with Crippen LogP contribution >= 0.6 is 0 Å². The summed E-state index contributed by atoms with van der Waals surface area (Å²) in [5.74, 6) is -3.07. The Labute approximate surface area is 39.3 Å². The Hall–Kier alpha value is -0.210. The van der Waals surface area contributed by atoms with E-state index in [1.807, 2.05) is 0 Å². The lowest BCUT2D eigenvalue weighted by molar-refractivity contribution is -0.0818. The van der Waals surface area contributed by atoms with Gasteiger partial charge in [-0.05, 0) is 6.42 Å². The highest BCUT2D eigenvalue weighted by atomic mass is 19.3. The molecule has 0 aliphatic heterocycles. The summed E-state index contributed by atoms with van der Waals surface area (Å²) in [6, 6.07) is 0. The molecule has 0 heterocycles. The zero-order chi connectivity index (χ0) is 5.49. The summed E-state index contributed by atoms with van der Waals surface area (Å²) in [7, 11) is 0. The van der Waals surface area contributed by atoms with E-state index in [2.05, 4.69) is 0 Å². The lowest BCUT2D eigenvalue weighted by Crippen LogP contribution is -2.33. The molecule has 0 aromatic heterocycles. The Kier molecular flexibility index (Phi) is 0.805. The van der Waals surface area contributed by atoms with Gasteiger partial charge in [0.25, 0.3) is 5.92 Å². The largest absolute Gasteiger partial charge is 0.285 e. The van der Waals surface area contributed by atoms with Crippen LogP contribution in [-0.2, 0) is 0 Å². The molecule has 0 unspecified atom stereocenters. The fourth-order valence-corrected chi connectivity index (χ4v) is 0.408. The van der Waals surface area contributed by atoms with E-state index in [4.69, 9.17) is 0 Å². The zero-order valence-corrected chi connectivity index (χ0v) is 3.55. The van der Waals surface area contributed by atoms with Gasteiger partial charge < -0.3 is 0 Å². The quantitative estimate of drug-likeness (QED) is 0.445. The van der Waals surface area contributed by atoms with E-state index in [0.29, 0.717) is 0 Å². The molecule has 1 fully saturated rings. The molecule has 0 spiro atoms. The zero-order valence-electron chi connectivity index (χ0n) is 3.55. The Morgan fingerprint density at radius 3 is 1.86 bits per heavy atom. The first-order valence-electron chi connectivity index (χ1n) is 2.02. The second kappa shape index (κ2) is 1.14. The molecule has 1 rings (SSSR count). The van der Waals surface area contributed by atoms with Crippen molar-refractivity contribution in [3.8, 4) is 0 Å². The first-order chi connectivity index (χ1) is 3.13. The molecule has 1 radical (unpaired) electrons. The summed E-state index contributed by atoms with van der Waals surface area (Å²) in [6.45, 7) is 0. The number of halogens is 3. The minimum absolute atomic E-state index is 0.0486. The second-order valence-corrected chi connectivity index (χ2v) is 1.61. The van der Waals surface area contributed by atoms with Crippen LogP contribution in [0.5, 0.6) is 0 Å². The van der Waals surface area contributed by atoms with Crippen LogP contribution in [0, 0.1) is 6.17 Å². The SMILES string of the molecule is F[C]1CCC1(F)F. The standard InChI is InChI=1S/C4H4F3/c5-3-1-2-4(3,6)7/h1-2H2. The van der Waals surface area contributed by atoms with Crippen molar-refractivity contribution in [3.05, 3.63) is 6.17 Å². The van der Waals surface area contributed by atoms with E-state index in [-0.39, 0.29) is 12.8 Å². The number of hydrogen-bond donors (Lipinski definition) is 0. The Morgan fingerprint density at radius 2 is 1.86 bits per heavy atom. The molecule has 3 heteroatoms. The predicted molar refractivity (Wildman–Crippen MR) is 18.5 cm³/mol. The Morgan fingerprint density at radius 1 is 1.43 bits per heavy atom. The van der Waals surface area contributed by atoms with Gasteiger partial charge in [-0.3, -0.25) is 0 Å². The molecule has 0 aromatic rings. The van der Waals surface area contributed by atoms with Crippen molar-refractivity contribution < 1.29 is 13.2 Å². The average molecular weight is 109 g/mol. The van der Waals surface area contributed by atoms with Gasteiger partial charge in [0, 0.05) is 6.42 Å². The molecule has 0 bridgehead atoms. The van der Waals surface area contributed by atoms with E-state index in [1.54, 1.807) is 0 Å². The number of rotatable bonds is 0. The molecule has 0 nitrogen and oxygen atoms in total. The van der Waals surface area contributed by atoms with Crippen LogP contribution in [0.25, 0.3) is 0 Å². The maximum Gasteiger partial charge on any atom is 0.285 e. The van der Waals surface area contributed by atoms with Gasteiger partial charge in [0.2, 0.25) is 6.17 Å². The van der Waals surface area contributed by atoms with Crippen molar-refractivity contribution >= 4 is 0 Å². The lowest BCUT2D eigenvalue weighted by Gasteiger charge is -2.27. The van der Waals surface area contributed by atoms with Crippen molar-refractivity contribution in [2.24, 2.45) is 0 Å². The molecule has 0 saturated heterocycles. The van der Waals surface area contributed by atoms with Crippen LogP contribution in [0.3, 0.4) is 0 Å². The van der Waals surface area contributed by atoms with Crippen LogP contribution in [0.1, 0.15) is 12.8 Å². The molecule has 41 valence electrons. The molecule has 1 aliphatic carbocycles. The third-order valence-corrected chi connectivity index (χ3v) is 1.06. The van der Waals surface area contributed by atoms with E-state index < -0.39 is 12.1 Å². The number of alkyl halides is 2. The van der Waals surface area contributed by atoms with E-state index in [9.17, 15) is 13.2 Å². The van der Waals surface area contributed by atoms with E-state index in [1.165, 1.54) is 0 Å². The van der Waals surface area contributed by atoms with Gasteiger partial charge in [0.15, 0.2) is 0 Å². The molecule has 0 atom stereocenters. The summed E-state index contributed by atoms with van der Waals surface area (Å²) in [5.41, 5.74) is 0. The molecule has 7 heavy (non-hydrogen) atoms. The summed E-state index contributed by atoms with van der Waals surface area (Å²) in [6.07, 6.45) is -1.52. The molecule has 0 amide bonds. The predicted octanol–water partition coefficient (Wildman–Crippen LogP) is 1.92. The molecule has 0 aromatic carbocycles. The normalized spacial score (nSPS) is 29.6. The van der Waals surface area contributed by atoms with Crippen molar-refractivity contribution in [1.29, 1.82) is 0 Å². The molecule has 1 aliphatic rings. The molecule has 1 saturated carbocycles. The summed E-state index contributed by atoms with van der Waals surface area (Å²) in [5, 5.41) is 0. The highest BCUT2D eigenvalue weighted by Crippen LogP contribution is 2.45. The average Bonchev–Trinajstić information content (AvgIpc) is 1.63. The highest BCUT2D eigenvalue weighted by Gasteiger charge is 2.50. The van der Waals surface area contributed by atoms with Gasteiger partial charge in [0.05, 0.1) is 0 Å². The molecular weight excluding hydrogens is 105 g/mol.